The van der Waals surface area contributed by atoms with E-state index in [0.29, 0.717) is 6.54 Å². The summed E-state index contributed by atoms with van der Waals surface area (Å²) >= 11 is 0. The SMILES string of the molecule is CCCCCCCCCCCCCCc1ccccc1CN. The van der Waals surface area contributed by atoms with Crippen molar-refractivity contribution >= 4 is 0 Å². The minimum Gasteiger partial charge on any atom is -0.326 e. The fourth-order valence-electron chi connectivity index (χ4n) is 3.16. The van der Waals surface area contributed by atoms with Gasteiger partial charge in [-0.2, -0.15) is 0 Å². The Kier molecular flexibility index (Phi) is 12.1. The lowest BCUT2D eigenvalue weighted by Crippen LogP contribution is -2.01. The van der Waals surface area contributed by atoms with Gasteiger partial charge in [0.25, 0.3) is 0 Å². The van der Waals surface area contributed by atoms with Crippen LogP contribution in [0.4, 0.5) is 0 Å². The molecule has 22 heavy (non-hydrogen) atoms. The molecule has 0 radical (unpaired) electrons. The highest BCUT2D eigenvalue weighted by Crippen LogP contribution is 2.15. The summed E-state index contributed by atoms with van der Waals surface area (Å²) in [5.41, 5.74) is 8.57. The molecule has 0 spiro atoms. The lowest BCUT2D eigenvalue weighted by atomic mass is 10.00. The van der Waals surface area contributed by atoms with Crippen LogP contribution in [-0.4, -0.2) is 0 Å². The molecule has 0 aromatic heterocycles. The van der Waals surface area contributed by atoms with Crippen molar-refractivity contribution in [2.45, 2.75) is 96.9 Å². The van der Waals surface area contributed by atoms with Crippen molar-refractivity contribution in [1.82, 2.24) is 0 Å². The summed E-state index contributed by atoms with van der Waals surface area (Å²) < 4.78 is 0. The van der Waals surface area contributed by atoms with Gasteiger partial charge >= 0.3 is 0 Å². The summed E-state index contributed by atoms with van der Waals surface area (Å²) in [4.78, 5) is 0. The average molecular weight is 304 g/mol. The quantitative estimate of drug-likeness (QED) is 0.396. The van der Waals surface area contributed by atoms with Crippen LogP contribution in [-0.2, 0) is 13.0 Å². The molecule has 0 aliphatic heterocycles. The lowest BCUT2D eigenvalue weighted by molar-refractivity contribution is 0.544. The first-order valence-electron chi connectivity index (χ1n) is 9.65. The number of rotatable bonds is 14. The van der Waals surface area contributed by atoms with Crippen molar-refractivity contribution < 1.29 is 0 Å². The van der Waals surface area contributed by atoms with E-state index < -0.39 is 0 Å². The Morgan fingerprint density at radius 3 is 1.59 bits per heavy atom. The molecule has 0 heterocycles. The Morgan fingerprint density at radius 2 is 1.09 bits per heavy atom. The monoisotopic (exact) mass is 303 g/mol. The Labute approximate surface area is 138 Å². The number of nitrogens with two attached hydrogens (primary N) is 1. The summed E-state index contributed by atoms with van der Waals surface area (Å²) in [5, 5.41) is 0. The van der Waals surface area contributed by atoms with E-state index in [2.05, 4.69) is 31.2 Å². The molecule has 2 N–H and O–H groups in total. The Balaban J connectivity index is 1.89. The van der Waals surface area contributed by atoms with Crippen LogP contribution >= 0.6 is 0 Å². The molecule has 0 unspecified atom stereocenters. The number of benzene rings is 1. The predicted molar refractivity (Wildman–Crippen MR) is 99.1 cm³/mol. The third-order valence-corrected chi connectivity index (χ3v) is 4.64. The highest BCUT2D eigenvalue weighted by atomic mass is 14.5. The van der Waals surface area contributed by atoms with Gasteiger partial charge in [-0.3, -0.25) is 0 Å². The van der Waals surface area contributed by atoms with Crippen LogP contribution in [0.3, 0.4) is 0 Å². The average Bonchev–Trinajstić information content (AvgIpc) is 2.56. The molecule has 0 aliphatic rings. The second-order valence-corrected chi connectivity index (χ2v) is 6.61. The molecular formula is C21H37N. The molecule has 0 amide bonds. The van der Waals surface area contributed by atoms with Gasteiger partial charge in [-0.1, -0.05) is 102 Å². The minimum atomic E-state index is 0.675. The van der Waals surface area contributed by atoms with Gasteiger partial charge in [0.1, 0.15) is 0 Å². The molecule has 1 heteroatoms. The molecule has 126 valence electrons. The van der Waals surface area contributed by atoms with Crippen LogP contribution in [0.15, 0.2) is 24.3 Å². The van der Waals surface area contributed by atoms with Gasteiger partial charge in [-0.15, -0.1) is 0 Å². The summed E-state index contributed by atoms with van der Waals surface area (Å²) in [6.45, 7) is 2.96. The van der Waals surface area contributed by atoms with E-state index in [0.717, 1.165) is 0 Å². The van der Waals surface area contributed by atoms with Gasteiger partial charge < -0.3 is 5.73 Å². The van der Waals surface area contributed by atoms with E-state index in [9.17, 15) is 0 Å². The third-order valence-electron chi connectivity index (χ3n) is 4.64. The van der Waals surface area contributed by atoms with Crippen LogP contribution in [0.5, 0.6) is 0 Å². The summed E-state index contributed by atoms with van der Waals surface area (Å²) in [5.74, 6) is 0. The van der Waals surface area contributed by atoms with Gasteiger partial charge in [0.2, 0.25) is 0 Å². The van der Waals surface area contributed by atoms with Gasteiger partial charge in [0.15, 0.2) is 0 Å². The topological polar surface area (TPSA) is 26.0 Å². The van der Waals surface area contributed by atoms with Crippen molar-refractivity contribution in [3.63, 3.8) is 0 Å². The molecule has 1 aromatic rings. The van der Waals surface area contributed by atoms with Crippen molar-refractivity contribution in [3.8, 4) is 0 Å². The normalized spacial score (nSPS) is 11.0. The zero-order valence-corrected chi connectivity index (χ0v) is 14.8. The van der Waals surface area contributed by atoms with E-state index in [-0.39, 0.29) is 0 Å². The number of hydrogen-bond donors (Lipinski definition) is 1. The van der Waals surface area contributed by atoms with Gasteiger partial charge in [-0.25, -0.2) is 0 Å². The van der Waals surface area contributed by atoms with Crippen molar-refractivity contribution in [2.75, 3.05) is 0 Å². The van der Waals surface area contributed by atoms with Crippen LogP contribution < -0.4 is 5.73 Å². The lowest BCUT2D eigenvalue weighted by Gasteiger charge is -2.07. The molecular weight excluding hydrogens is 266 g/mol. The van der Waals surface area contributed by atoms with E-state index in [1.807, 2.05) is 0 Å². The second-order valence-electron chi connectivity index (χ2n) is 6.61. The molecule has 0 bridgehead atoms. The first kappa shape index (κ1) is 19.2. The van der Waals surface area contributed by atoms with E-state index in [1.54, 1.807) is 0 Å². The maximum absolute atomic E-state index is 5.79. The number of aryl methyl sites for hydroxylation is 1. The minimum absolute atomic E-state index is 0.675. The molecule has 0 saturated heterocycles. The summed E-state index contributed by atoms with van der Waals surface area (Å²) in [7, 11) is 0. The Bertz CT molecular complexity index is 359. The molecule has 1 aromatic carbocycles. The van der Waals surface area contributed by atoms with Crippen molar-refractivity contribution in [1.29, 1.82) is 0 Å². The summed E-state index contributed by atoms with van der Waals surface area (Å²) in [6, 6.07) is 8.62. The smallest absolute Gasteiger partial charge is 0.0180 e. The Hall–Kier alpha value is -0.820. The van der Waals surface area contributed by atoms with Gasteiger partial charge in [0.05, 0.1) is 0 Å². The van der Waals surface area contributed by atoms with Crippen LogP contribution in [0.2, 0.25) is 0 Å². The van der Waals surface area contributed by atoms with E-state index >= 15 is 0 Å². The van der Waals surface area contributed by atoms with E-state index in [4.69, 9.17) is 5.73 Å². The highest BCUT2D eigenvalue weighted by molar-refractivity contribution is 5.26. The maximum atomic E-state index is 5.79. The van der Waals surface area contributed by atoms with Gasteiger partial charge in [0, 0.05) is 6.54 Å². The van der Waals surface area contributed by atoms with E-state index in [1.165, 1.54) is 94.6 Å². The van der Waals surface area contributed by atoms with Crippen LogP contribution in [0.25, 0.3) is 0 Å². The molecule has 1 rings (SSSR count). The van der Waals surface area contributed by atoms with Crippen molar-refractivity contribution in [2.24, 2.45) is 5.73 Å². The largest absolute Gasteiger partial charge is 0.326 e. The molecule has 0 fully saturated rings. The maximum Gasteiger partial charge on any atom is 0.0180 e. The predicted octanol–water partition coefficient (Wildman–Crippen LogP) is 6.39. The van der Waals surface area contributed by atoms with Crippen LogP contribution in [0, 0.1) is 0 Å². The number of unbranched alkanes of at least 4 members (excludes halogenated alkanes) is 11. The zero-order valence-electron chi connectivity index (χ0n) is 14.8. The van der Waals surface area contributed by atoms with Crippen LogP contribution in [0.1, 0.15) is 95.1 Å². The highest BCUT2D eigenvalue weighted by Gasteiger charge is 1.99. The zero-order chi connectivity index (χ0) is 15.9. The fraction of sp³-hybridized carbons (Fsp3) is 0.714. The van der Waals surface area contributed by atoms with Crippen molar-refractivity contribution in [3.05, 3.63) is 35.4 Å². The summed E-state index contributed by atoms with van der Waals surface area (Å²) in [6.07, 6.45) is 18.2. The fourth-order valence-corrected chi connectivity index (χ4v) is 3.16. The number of hydrogen-bond acceptors (Lipinski definition) is 1. The molecule has 0 aliphatic carbocycles. The molecule has 0 atom stereocenters. The third kappa shape index (κ3) is 9.25. The molecule has 0 saturated carbocycles. The second kappa shape index (κ2) is 13.8. The standard InChI is InChI=1S/C21H37N/c1-2-3-4-5-6-7-8-9-10-11-12-13-16-20-17-14-15-18-21(20)19-22/h14-15,17-18H,2-13,16,19,22H2,1H3. The Morgan fingerprint density at radius 1 is 0.636 bits per heavy atom. The first-order chi connectivity index (χ1) is 10.9. The molecule has 1 nitrogen and oxygen atoms in total. The van der Waals surface area contributed by atoms with Gasteiger partial charge in [-0.05, 0) is 24.0 Å². The first-order valence-corrected chi connectivity index (χ1v) is 9.65.